The molecule has 1 saturated heterocycles. The summed E-state index contributed by atoms with van der Waals surface area (Å²) in [5.41, 5.74) is 1.00. The van der Waals surface area contributed by atoms with Crippen LogP contribution in [0.1, 0.15) is 6.92 Å². The molecule has 2 aliphatic rings. The molecule has 2 aromatic rings. The third-order valence-electron chi connectivity index (χ3n) is 4.57. The molecule has 8 heteroatoms. The molecule has 6 nitrogen and oxygen atoms in total. The lowest BCUT2D eigenvalue weighted by atomic mass is 9.95. The Balaban J connectivity index is 1.80. The first kappa shape index (κ1) is 17.7. The lowest BCUT2D eigenvalue weighted by Gasteiger charge is -2.22. The molecule has 1 fully saturated rings. The van der Waals surface area contributed by atoms with E-state index in [-0.39, 0.29) is 11.5 Å². The van der Waals surface area contributed by atoms with Crippen LogP contribution in [0.25, 0.3) is 0 Å². The highest BCUT2D eigenvalue weighted by Crippen LogP contribution is 2.38. The maximum Gasteiger partial charge on any atom is 0.259 e. The van der Waals surface area contributed by atoms with Gasteiger partial charge in [-0.1, -0.05) is 29.3 Å². The van der Waals surface area contributed by atoms with Crippen molar-refractivity contribution in [3.05, 3.63) is 58.6 Å². The molecular formula is C19H13Cl2N3O3. The van der Waals surface area contributed by atoms with E-state index >= 15 is 0 Å². The average molecular weight is 402 g/mol. The zero-order valence-electron chi connectivity index (χ0n) is 14.1. The van der Waals surface area contributed by atoms with Crippen LogP contribution in [0, 0.1) is 5.92 Å². The van der Waals surface area contributed by atoms with Gasteiger partial charge in [0.1, 0.15) is 17.7 Å². The molecule has 136 valence electrons. The first-order valence-corrected chi connectivity index (χ1v) is 8.91. The highest BCUT2D eigenvalue weighted by atomic mass is 35.5. The Morgan fingerprint density at radius 3 is 2.30 bits per heavy atom. The van der Waals surface area contributed by atoms with E-state index in [2.05, 4.69) is 5.10 Å². The lowest BCUT2D eigenvalue weighted by Crippen LogP contribution is -2.39. The zero-order valence-corrected chi connectivity index (χ0v) is 15.6. The second kappa shape index (κ2) is 6.48. The van der Waals surface area contributed by atoms with Gasteiger partial charge in [-0.05, 0) is 42.5 Å². The number of carbonyl (C=O) groups excluding carboxylic acids is 3. The van der Waals surface area contributed by atoms with Gasteiger partial charge in [0, 0.05) is 17.0 Å². The number of carbonyl (C=O) groups is 3. The maximum atomic E-state index is 13.1. The highest BCUT2D eigenvalue weighted by molar-refractivity contribution is 6.49. The number of hydrogen-bond donors (Lipinski definition) is 0. The number of ketones is 1. The lowest BCUT2D eigenvalue weighted by molar-refractivity contribution is -0.122. The monoisotopic (exact) mass is 401 g/mol. The number of fused-ring (bicyclic) bond motifs is 1. The molecule has 0 aromatic heterocycles. The first-order chi connectivity index (χ1) is 12.9. The molecule has 2 amide bonds. The van der Waals surface area contributed by atoms with E-state index < -0.39 is 23.8 Å². The fourth-order valence-electron chi connectivity index (χ4n) is 3.38. The molecule has 2 aliphatic heterocycles. The summed E-state index contributed by atoms with van der Waals surface area (Å²) < 4.78 is 0. The molecular weight excluding hydrogens is 389 g/mol. The molecule has 2 aromatic carbocycles. The summed E-state index contributed by atoms with van der Waals surface area (Å²) in [5, 5.41) is 6.64. The van der Waals surface area contributed by atoms with E-state index in [1.165, 1.54) is 11.9 Å². The number of hydrogen-bond acceptors (Lipinski definition) is 5. The maximum absolute atomic E-state index is 13.1. The number of halogens is 2. The Kier molecular flexibility index (Phi) is 4.25. The van der Waals surface area contributed by atoms with E-state index in [0.717, 1.165) is 4.90 Å². The molecule has 0 radical (unpaired) electrons. The zero-order chi connectivity index (χ0) is 19.3. The second-order valence-electron chi connectivity index (χ2n) is 6.28. The number of hydrazone groups is 1. The summed E-state index contributed by atoms with van der Waals surface area (Å²) in [7, 11) is 0. The average Bonchev–Trinajstić information content (AvgIpc) is 3.14. The number of nitrogens with zero attached hydrogens (tertiary/aromatic N) is 3. The summed E-state index contributed by atoms with van der Waals surface area (Å²) in [6.45, 7) is 1.33. The van der Waals surface area contributed by atoms with Crippen LogP contribution in [-0.4, -0.2) is 29.4 Å². The molecule has 0 spiro atoms. The summed E-state index contributed by atoms with van der Waals surface area (Å²) in [6.07, 6.45) is 0. The summed E-state index contributed by atoms with van der Waals surface area (Å²) in [5.74, 6) is -2.24. The van der Waals surface area contributed by atoms with E-state index in [4.69, 9.17) is 23.2 Å². The fourth-order valence-corrected chi connectivity index (χ4v) is 3.69. The van der Waals surface area contributed by atoms with E-state index in [1.807, 2.05) is 0 Å². The van der Waals surface area contributed by atoms with Gasteiger partial charge in [0.05, 0.1) is 11.4 Å². The van der Waals surface area contributed by atoms with E-state index in [0.29, 0.717) is 21.4 Å². The van der Waals surface area contributed by atoms with E-state index in [1.54, 1.807) is 48.5 Å². The molecule has 27 heavy (non-hydrogen) atoms. The molecule has 0 bridgehead atoms. The van der Waals surface area contributed by atoms with Crippen LogP contribution in [0.2, 0.25) is 10.0 Å². The summed E-state index contributed by atoms with van der Waals surface area (Å²) in [6, 6.07) is 12.2. The van der Waals surface area contributed by atoms with Gasteiger partial charge < -0.3 is 0 Å². The van der Waals surface area contributed by atoms with Gasteiger partial charge in [-0.2, -0.15) is 5.10 Å². The van der Waals surface area contributed by atoms with Gasteiger partial charge in [0.25, 0.3) is 5.91 Å². The minimum atomic E-state index is -0.954. The molecule has 0 N–H and O–H groups in total. The van der Waals surface area contributed by atoms with Crippen molar-refractivity contribution in [3.8, 4) is 0 Å². The van der Waals surface area contributed by atoms with E-state index in [9.17, 15) is 14.4 Å². The molecule has 2 unspecified atom stereocenters. The van der Waals surface area contributed by atoms with Crippen molar-refractivity contribution in [2.45, 2.75) is 13.0 Å². The smallest absolute Gasteiger partial charge is 0.259 e. The third kappa shape index (κ3) is 2.81. The predicted octanol–water partition coefficient (Wildman–Crippen LogP) is 3.32. The quantitative estimate of drug-likeness (QED) is 0.739. The Labute approximate surface area is 165 Å². The van der Waals surface area contributed by atoms with Crippen molar-refractivity contribution in [2.24, 2.45) is 11.0 Å². The van der Waals surface area contributed by atoms with Crippen LogP contribution >= 0.6 is 23.2 Å². The summed E-state index contributed by atoms with van der Waals surface area (Å²) in [4.78, 5) is 39.3. The fraction of sp³-hybridized carbons (Fsp3) is 0.158. The van der Waals surface area contributed by atoms with Gasteiger partial charge in [-0.3, -0.25) is 19.4 Å². The normalized spacial score (nSPS) is 21.5. The van der Waals surface area contributed by atoms with Crippen LogP contribution < -0.4 is 9.91 Å². The minimum Gasteiger partial charge on any atom is -0.293 e. The summed E-state index contributed by atoms with van der Waals surface area (Å²) >= 11 is 11.9. The van der Waals surface area contributed by atoms with Crippen LogP contribution in [-0.2, 0) is 14.4 Å². The number of anilines is 2. The first-order valence-electron chi connectivity index (χ1n) is 8.16. The number of imide groups is 1. The number of rotatable bonds is 3. The van der Waals surface area contributed by atoms with Gasteiger partial charge in [-0.25, -0.2) is 4.90 Å². The van der Waals surface area contributed by atoms with Crippen LogP contribution in [0.15, 0.2) is 53.6 Å². The van der Waals surface area contributed by atoms with Gasteiger partial charge >= 0.3 is 0 Å². The molecule has 4 rings (SSSR count). The third-order valence-corrected chi connectivity index (χ3v) is 5.05. The van der Waals surface area contributed by atoms with Crippen LogP contribution in [0.5, 0.6) is 0 Å². The Morgan fingerprint density at radius 2 is 1.67 bits per heavy atom. The van der Waals surface area contributed by atoms with Crippen LogP contribution in [0.4, 0.5) is 11.4 Å². The largest absolute Gasteiger partial charge is 0.293 e. The van der Waals surface area contributed by atoms with Gasteiger partial charge in [0.2, 0.25) is 5.91 Å². The topological polar surface area (TPSA) is 70.1 Å². The predicted molar refractivity (Wildman–Crippen MR) is 103 cm³/mol. The van der Waals surface area contributed by atoms with Crippen molar-refractivity contribution in [1.82, 2.24) is 0 Å². The molecule has 0 saturated carbocycles. The second-order valence-corrected chi connectivity index (χ2v) is 7.15. The van der Waals surface area contributed by atoms with Crippen molar-refractivity contribution in [3.63, 3.8) is 0 Å². The Morgan fingerprint density at radius 1 is 0.963 bits per heavy atom. The number of amides is 2. The van der Waals surface area contributed by atoms with Crippen molar-refractivity contribution < 1.29 is 14.4 Å². The van der Waals surface area contributed by atoms with Crippen molar-refractivity contribution in [1.29, 1.82) is 0 Å². The minimum absolute atomic E-state index is 0.0646. The molecule has 0 aliphatic carbocycles. The number of Topliss-reactive ketones (excluding diaryl/α,β-unsaturated/α-hetero) is 1. The van der Waals surface area contributed by atoms with Crippen molar-refractivity contribution in [2.75, 3.05) is 9.91 Å². The van der Waals surface area contributed by atoms with Crippen LogP contribution in [0.3, 0.4) is 0 Å². The Bertz CT molecular complexity index is 1000. The van der Waals surface area contributed by atoms with Crippen molar-refractivity contribution >= 4 is 57.9 Å². The Hall–Kier alpha value is -2.70. The molecule has 2 atom stereocenters. The van der Waals surface area contributed by atoms with Gasteiger partial charge in [0.15, 0.2) is 5.78 Å². The standard InChI is InChI=1S/C19H13Cl2N3O3/c1-10(25)16-15-17(24(22-16)14-4-2-3-12(21)9-14)19(27)23(18(15)26)13-7-5-11(20)6-8-13/h2-9,15,17H,1H3. The number of benzene rings is 2. The SMILES string of the molecule is CC(=O)C1=NN(c2cccc(Cl)c2)C2C(=O)N(c3ccc(Cl)cc3)C(=O)C12. The highest BCUT2D eigenvalue weighted by Gasteiger charge is 2.58. The molecule has 2 heterocycles. The van der Waals surface area contributed by atoms with Gasteiger partial charge in [-0.15, -0.1) is 0 Å².